The van der Waals surface area contributed by atoms with Crippen molar-refractivity contribution in [1.82, 2.24) is 5.32 Å². The fraction of sp³-hybridized carbons (Fsp3) is 0.368. The molecule has 4 nitrogen and oxygen atoms in total. The van der Waals surface area contributed by atoms with Crippen molar-refractivity contribution in [3.05, 3.63) is 41.4 Å². The molecule has 1 saturated carbocycles. The van der Waals surface area contributed by atoms with Crippen molar-refractivity contribution in [2.24, 2.45) is 0 Å². The molecule has 0 radical (unpaired) electrons. The maximum absolute atomic E-state index is 12.2. The molecule has 0 aromatic heterocycles. The van der Waals surface area contributed by atoms with Gasteiger partial charge in [-0.05, 0) is 25.0 Å². The average Bonchev–Trinajstić information content (AvgIpc) is 2.62. The van der Waals surface area contributed by atoms with Crippen LogP contribution >= 0.6 is 11.6 Å². The van der Waals surface area contributed by atoms with Crippen LogP contribution in [0.2, 0.25) is 5.02 Å². The molecule has 1 aliphatic rings. The molecule has 0 spiro atoms. The number of halogens is 1. The molecule has 0 unspecified atom stereocenters. The Morgan fingerprint density at radius 1 is 1.17 bits per heavy atom. The quantitative estimate of drug-likeness (QED) is 0.905. The lowest BCUT2D eigenvalue weighted by Gasteiger charge is -2.31. The van der Waals surface area contributed by atoms with E-state index in [-0.39, 0.29) is 12.5 Å². The summed E-state index contributed by atoms with van der Waals surface area (Å²) < 4.78 is 5.69. The normalized spacial score (nSPS) is 16.3. The topological polar surface area (TPSA) is 62.1 Å². The van der Waals surface area contributed by atoms with Gasteiger partial charge in [0.2, 0.25) is 0 Å². The summed E-state index contributed by atoms with van der Waals surface area (Å²) in [5.41, 5.74) is -0.735. The van der Waals surface area contributed by atoms with Gasteiger partial charge < -0.3 is 10.1 Å². The Morgan fingerprint density at radius 3 is 2.58 bits per heavy atom. The number of nitrogens with one attached hydrogen (secondary N) is 1. The Balaban J connectivity index is 1.69. The van der Waals surface area contributed by atoms with Crippen LogP contribution in [-0.4, -0.2) is 18.1 Å². The van der Waals surface area contributed by atoms with Crippen molar-refractivity contribution < 1.29 is 9.53 Å². The highest BCUT2D eigenvalue weighted by Gasteiger charge is 2.33. The van der Waals surface area contributed by atoms with E-state index < -0.39 is 5.54 Å². The molecule has 2 aromatic rings. The molecule has 1 N–H and O–H groups in total. The zero-order valence-corrected chi connectivity index (χ0v) is 14.1. The Kier molecular flexibility index (Phi) is 4.92. The standard InChI is InChI=1S/C19H19ClN2O2/c20-16-8-9-17(15-7-3-2-6-14(15)16)24-12-18(23)22-19(13-21)10-4-1-5-11-19/h2-3,6-9H,1,4-5,10-12H2,(H,22,23). The Morgan fingerprint density at radius 2 is 1.88 bits per heavy atom. The van der Waals surface area contributed by atoms with Crippen LogP contribution in [-0.2, 0) is 4.79 Å². The lowest BCUT2D eigenvalue weighted by Crippen LogP contribution is -2.50. The van der Waals surface area contributed by atoms with Crippen molar-refractivity contribution in [2.75, 3.05) is 6.61 Å². The summed E-state index contributed by atoms with van der Waals surface area (Å²) in [4.78, 5) is 12.2. The van der Waals surface area contributed by atoms with Crippen LogP contribution in [0, 0.1) is 11.3 Å². The van der Waals surface area contributed by atoms with Crippen LogP contribution in [0.3, 0.4) is 0 Å². The average molecular weight is 343 g/mol. The second-order valence-electron chi connectivity index (χ2n) is 6.18. The van der Waals surface area contributed by atoms with E-state index >= 15 is 0 Å². The van der Waals surface area contributed by atoms with Gasteiger partial charge >= 0.3 is 0 Å². The predicted molar refractivity (Wildman–Crippen MR) is 94.0 cm³/mol. The van der Waals surface area contributed by atoms with Crippen LogP contribution < -0.4 is 10.1 Å². The number of ether oxygens (including phenoxy) is 1. The number of carbonyl (C=O) groups excluding carboxylic acids is 1. The molecule has 0 aliphatic heterocycles. The van der Waals surface area contributed by atoms with Crippen LogP contribution in [0.25, 0.3) is 10.8 Å². The third kappa shape index (κ3) is 3.47. The number of benzene rings is 2. The highest BCUT2D eigenvalue weighted by atomic mass is 35.5. The van der Waals surface area contributed by atoms with Gasteiger partial charge in [0.05, 0.1) is 6.07 Å². The van der Waals surface area contributed by atoms with Gasteiger partial charge in [-0.2, -0.15) is 5.26 Å². The number of hydrogen-bond donors (Lipinski definition) is 1. The molecule has 1 aliphatic carbocycles. The summed E-state index contributed by atoms with van der Waals surface area (Å²) in [6.07, 6.45) is 4.47. The lowest BCUT2D eigenvalue weighted by atomic mass is 9.83. The first-order valence-electron chi connectivity index (χ1n) is 8.16. The van der Waals surface area contributed by atoms with Crippen LogP contribution in [0.15, 0.2) is 36.4 Å². The minimum absolute atomic E-state index is 0.116. The van der Waals surface area contributed by atoms with E-state index in [0.717, 1.165) is 30.0 Å². The maximum Gasteiger partial charge on any atom is 0.259 e. The SMILES string of the molecule is N#CC1(NC(=O)COc2ccc(Cl)c3ccccc23)CCCCC1. The Bertz CT molecular complexity index is 792. The molecule has 3 rings (SSSR count). The van der Waals surface area contributed by atoms with E-state index in [1.54, 1.807) is 12.1 Å². The van der Waals surface area contributed by atoms with Crippen molar-refractivity contribution >= 4 is 28.3 Å². The van der Waals surface area contributed by atoms with E-state index in [1.165, 1.54) is 0 Å². The zero-order valence-electron chi connectivity index (χ0n) is 13.3. The smallest absolute Gasteiger partial charge is 0.259 e. The molecular formula is C19H19ClN2O2. The van der Waals surface area contributed by atoms with E-state index in [9.17, 15) is 10.1 Å². The number of nitrogens with zero attached hydrogens (tertiary/aromatic N) is 1. The predicted octanol–water partition coefficient (Wildman–Crippen LogP) is 4.21. The second-order valence-corrected chi connectivity index (χ2v) is 6.59. The van der Waals surface area contributed by atoms with Gasteiger partial charge in [0.25, 0.3) is 5.91 Å². The van der Waals surface area contributed by atoms with E-state index in [0.29, 0.717) is 23.6 Å². The number of rotatable bonds is 4. The first kappa shape index (κ1) is 16.6. The summed E-state index contributed by atoms with van der Waals surface area (Å²) in [6.45, 7) is -0.116. The number of carbonyl (C=O) groups is 1. The van der Waals surface area contributed by atoms with E-state index in [1.807, 2.05) is 24.3 Å². The van der Waals surface area contributed by atoms with Gasteiger partial charge in [0, 0.05) is 15.8 Å². The molecule has 0 saturated heterocycles. The molecule has 0 bridgehead atoms. The van der Waals surface area contributed by atoms with E-state index in [2.05, 4.69) is 11.4 Å². The minimum Gasteiger partial charge on any atom is -0.483 e. The van der Waals surface area contributed by atoms with Crippen molar-refractivity contribution in [3.8, 4) is 11.8 Å². The summed E-state index contributed by atoms with van der Waals surface area (Å²) in [5, 5.41) is 14.7. The maximum atomic E-state index is 12.2. The number of nitriles is 1. The summed E-state index contributed by atoms with van der Waals surface area (Å²) >= 11 is 6.19. The molecule has 5 heteroatoms. The fourth-order valence-corrected chi connectivity index (χ4v) is 3.45. The molecule has 0 atom stereocenters. The second kappa shape index (κ2) is 7.11. The number of amides is 1. The molecule has 124 valence electrons. The van der Waals surface area contributed by atoms with Crippen LogP contribution in [0.5, 0.6) is 5.75 Å². The molecule has 0 heterocycles. The number of fused-ring (bicyclic) bond motifs is 1. The summed E-state index contributed by atoms with van der Waals surface area (Å²) in [5.74, 6) is 0.345. The van der Waals surface area contributed by atoms with Crippen molar-refractivity contribution in [3.63, 3.8) is 0 Å². The highest BCUT2D eigenvalue weighted by molar-refractivity contribution is 6.35. The van der Waals surface area contributed by atoms with Gasteiger partial charge in [-0.25, -0.2) is 0 Å². The first-order valence-corrected chi connectivity index (χ1v) is 8.54. The van der Waals surface area contributed by atoms with Gasteiger partial charge in [0.15, 0.2) is 6.61 Å². The Labute approximate surface area is 146 Å². The van der Waals surface area contributed by atoms with Gasteiger partial charge in [0.1, 0.15) is 11.3 Å². The monoisotopic (exact) mass is 342 g/mol. The molecule has 2 aromatic carbocycles. The Hall–Kier alpha value is -2.25. The summed E-state index contributed by atoms with van der Waals surface area (Å²) in [7, 11) is 0. The largest absolute Gasteiger partial charge is 0.483 e. The minimum atomic E-state index is -0.735. The first-order chi connectivity index (χ1) is 11.6. The lowest BCUT2D eigenvalue weighted by molar-refractivity contribution is -0.124. The fourth-order valence-electron chi connectivity index (χ4n) is 3.23. The summed E-state index contributed by atoms with van der Waals surface area (Å²) in [6, 6.07) is 13.4. The van der Waals surface area contributed by atoms with Crippen molar-refractivity contribution in [2.45, 2.75) is 37.6 Å². The molecular weight excluding hydrogens is 324 g/mol. The molecule has 24 heavy (non-hydrogen) atoms. The van der Waals surface area contributed by atoms with E-state index in [4.69, 9.17) is 16.3 Å². The van der Waals surface area contributed by atoms with Gasteiger partial charge in [-0.15, -0.1) is 0 Å². The zero-order chi connectivity index (χ0) is 17.0. The van der Waals surface area contributed by atoms with Crippen LogP contribution in [0.4, 0.5) is 0 Å². The molecule has 1 fully saturated rings. The van der Waals surface area contributed by atoms with Crippen molar-refractivity contribution in [1.29, 1.82) is 5.26 Å². The molecule has 1 amide bonds. The third-order valence-electron chi connectivity index (χ3n) is 4.49. The van der Waals surface area contributed by atoms with Gasteiger partial charge in [-0.3, -0.25) is 4.79 Å². The highest BCUT2D eigenvalue weighted by Crippen LogP contribution is 2.31. The van der Waals surface area contributed by atoms with Crippen LogP contribution in [0.1, 0.15) is 32.1 Å². The van der Waals surface area contributed by atoms with Gasteiger partial charge in [-0.1, -0.05) is 55.1 Å². The third-order valence-corrected chi connectivity index (χ3v) is 4.82. The number of hydrogen-bond acceptors (Lipinski definition) is 3.